The second kappa shape index (κ2) is 9.03. The number of pyridine rings is 2. The van der Waals surface area contributed by atoms with Crippen molar-refractivity contribution in [1.82, 2.24) is 9.97 Å². The number of aromatic nitrogens is 2. The quantitative estimate of drug-likeness (QED) is 0.441. The number of halogens is 2. The van der Waals surface area contributed by atoms with Crippen LogP contribution in [0.3, 0.4) is 0 Å². The van der Waals surface area contributed by atoms with Crippen molar-refractivity contribution >= 4 is 25.7 Å². The third-order valence-corrected chi connectivity index (χ3v) is 7.74. The SMILES string of the molecule is CSS(=O)(=O)Nc1nccc(Cc2cncc(Oc3ccc(C4CC4)cc3F)c2C)c1F. The van der Waals surface area contributed by atoms with Crippen molar-refractivity contribution in [3.8, 4) is 11.5 Å². The van der Waals surface area contributed by atoms with Gasteiger partial charge in [0, 0.05) is 18.8 Å². The largest absolute Gasteiger partial charge is 0.452 e. The van der Waals surface area contributed by atoms with Crippen molar-refractivity contribution < 1.29 is 21.9 Å². The molecule has 1 saturated carbocycles. The number of ether oxygens (including phenoxy) is 1. The second-order valence-corrected chi connectivity index (χ2v) is 11.3. The summed E-state index contributed by atoms with van der Waals surface area (Å²) >= 11 is 0. The maximum atomic E-state index is 14.9. The van der Waals surface area contributed by atoms with Crippen LogP contribution in [0.4, 0.5) is 14.6 Å². The van der Waals surface area contributed by atoms with Gasteiger partial charge < -0.3 is 4.74 Å². The monoisotopic (exact) mass is 477 g/mol. The van der Waals surface area contributed by atoms with Crippen molar-refractivity contribution in [2.75, 3.05) is 11.0 Å². The Labute approximate surface area is 188 Å². The normalized spacial score (nSPS) is 13.8. The molecule has 0 saturated heterocycles. The van der Waals surface area contributed by atoms with E-state index in [1.807, 2.05) is 6.07 Å². The molecule has 2 aromatic heterocycles. The molecule has 0 radical (unpaired) electrons. The number of nitrogens with one attached hydrogen (secondary N) is 1. The van der Waals surface area contributed by atoms with Crippen LogP contribution in [0.25, 0.3) is 0 Å². The highest BCUT2D eigenvalue weighted by Gasteiger charge is 2.24. The van der Waals surface area contributed by atoms with Gasteiger partial charge in [0.25, 0.3) is 9.06 Å². The molecule has 2 heterocycles. The molecular formula is C22H21F2N3O3S2. The number of hydrogen-bond acceptors (Lipinski definition) is 6. The number of hydrogen-bond donors (Lipinski definition) is 1. The minimum Gasteiger partial charge on any atom is -0.452 e. The molecular weight excluding hydrogens is 456 g/mol. The summed E-state index contributed by atoms with van der Waals surface area (Å²) in [4.78, 5) is 7.93. The van der Waals surface area contributed by atoms with E-state index in [9.17, 15) is 17.2 Å². The first-order chi connectivity index (χ1) is 15.3. The third kappa shape index (κ3) is 5.02. The molecule has 4 rings (SSSR count). The molecule has 3 aromatic rings. The molecule has 1 aromatic carbocycles. The van der Waals surface area contributed by atoms with Crippen molar-refractivity contribution in [1.29, 1.82) is 0 Å². The lowest BCUT2D eigenvalue weighted by Gasteiger charge is -2.14. The smallest absolute Gasteiger partial charge is 0.287 e. The van der Waals surface area contributed by atoms with Gasteiger partial charge in [0.1, 0.15) is 5.75 Å². The maximum absolute atomic E-state index is 14.9. The summed E-state index contributed by atoms with van der Waals surface area (Å²) < 4.78 is 60.7. The highest BCUT2D eigenvalue weighted by molar-refractivity contribution is 8.72. The van der Waals surface area contributed by atoms with Gasteiger partial charge >= 0.3 is 0 Å². The molecule has 0 bridgehead atoms. The van der Waals surface area contributed by atoms with Crippen LogP contribution in [0, 0.1) is 18.6 Å². The van der Waals surface area contributed by atoms with Gasteiger partial charge in [-0.1, -0.05) is 6.07 Å². The average Bonchev–Trinajstić information content (AvgIpc) is 3.60. The van der Waals surface area contributed by atoms with Crippen LogP contribution in [0.2, 0.25) is 0 Å². The Hall–Kier alpha value is -2.72. The summed E-state index contributed by atoms with van der Waals surface area (Å²) in [5.41, 5.74) is 2.54. The zero-order chi connectivity index (χ0) is 22.9. The lowest BCUT2D eigenvalue weighted by atomic mass is 10.0. The lowest BCUT2D eigenvalue weighted by Crippen LogP contribution is -2.11. The predicted molar refractivity (Wildman–Crippen MR) is 120 cm³/mol. The van der Waals surface area contributed by atoms with Gasteiger partial charge in [-0.2, -0.15) is 8.42 Å². The van der Waals surface area contributed by atoms with Crippen LogP contribution in [0.5, 0.6) is 11.5 Å². The fourth-order valence-corrected chi connectivity index (χ4v) is 4.22. The summed E-state index contributed by atoms with van der Waals surface area (Å²) in [5, 5.41) is 0. The van der Waals surface area contributed by atoms with Crippen LogP contribution in [-0.4, -0.2) is 24.6 Å². The zero-order valence-corrected chi connectivity index (χ0v) is 19.1. The Bertz CT molecular complexity index is 1270. The van der Waals surface area contributed by atoms with Gasteiger partial charge in [0.2, 0.25) is 0 Å². The minimum absolute atomic E-state index is 0.0975. The fraction of sp³-hybridized carbons (Fsp3) is 0.273. The maximum Gasteiger partial charge on any atom is 0.287 e. The molecule has 0 aliphatic heterocycles. The van der Waals surface area contributed by atoms with Gasteiger partial charge in [0.15, 0.2) is 23.2 Å². The molecule has 0 atom stereocenters. The summed E-state index contributed by atoms with van der Waals surface area (Å²) in [6, 6.07) is 6.45. The predicted octanol–water partition coefficient (Wildman–Crippen LogP) is 5.34. The van der Waals surface area contributed by atoms with E-state index in [4.69, 9.17) is 4.74 Å². The molecule has 1 N–H and O–H groups in total. The Morgan fingerprint density at radius 1 is 1.16 bits per heavy atom. The highest BCUT2D eigenvalue weighted by atomic mass is 33.1. The van der Waals surface area contributed by atoms with Crippen molar-refractivity contribution in [3.63, 3.8) is 0 Å². The second-order valence-electron chi connectivity index (χ2n) is 7.52. The molecule has 0 amide bonds. The van der Waals surface area contributed by atoms with Crippen LogP contribution in [0.1, 0.15) is 41.0 Å². The van der Waals surface area contributed by atoms with Gasteiger partial charge in [-0.3, -0.25) is 9.71 Å². The van der Waals surface area contributed by atoms with E-state index in [2.05, 4.69) is 14.7 Å². The van der Waals surface area contributed by atoms with E-state index < -0.39 is 20.7 Å². The summed E-state index contributed by atoms with van der Waals surface area (Å²) in [5.74, 6) is -0.681. The number of nitrogens with zero attached hydrogens (tertiary/aromatic N) is 2. The number of anilines is 1. The Morgan fingerprint density at radius 3 is 2.62 bits per heavy atom. The topological polar surface area (TPSA) is 81.2 Å². The summed E-state index contributed by atoms with van der Waals surface area (Å²) in [7, 11) is -3.20. The molecule has 32 heavy (non-hydrogen) atoms. The van der Waals surface area contributed by atoms with E-state index in [0.29, 0.717) is 33.6 Å². The van der Waals surface area contributed by atoms with E-state index >= 15 is 0 Å². The Kier molecular flexibility index (Phi) is 6.34. The lowest BCUT2D eigenvalue weighted by molar-refractivity contribution is 0.436. The number of benzene rings is 1. The molecule has 10 heteroatoms. The first-order valence-corrected chi connectivity index (χ1v) is 13.1. The van der Waals surface area contributed by atoms with E-state index in [1.54, 1.807) is 19.2 Å². The number of rotatable bonds is 8. The standard InChI is InChI=1S/C22H21F2N3O3S2/c1-13-17(9-16-7-8-26-22(21(16)24)27-32(28,29)31-2)11-25-12-20(13)30-19-6-5-15(10-18(19)23)14-3-4-14/h5-8,10-12,14H,3-4,9H2,1-2H3,(H,26,27). The molecule has 6 nitrogen and oxygen atoms in total. The summed E-state index contributed by atoms with van der Waals surface area (Å²) in [6.07, 6.45) is 8.03. The first kappa shape index (κ1) is 22.5. The van der Waals surface area contributed by atoms with Crippen molar-refractivity contribution in [3.05, 3.63) is 76.7 Å². The van der Waals surface area contributed by atoms with Gasteiger partial charge in [0.05, 0.1) is 6.20 Å². The molecule has 0 spiro atoms. The van der Waals surface area contributed by atoms with E-state index in [-0.39, 0.29) is 23.6 Å². The van der Waals surface area contributed by atoms with Crippen LogP contribution in [-0.2, 0) is 15.5 Å². The molecule has 168 valence electrons. The van der Waals surface area contributed by atoms with Crippen molar-refractivity contribution in [2.45, 2.75) is 32.1 Å². The Morgan fingerprint density at radius 2 is 1.94 bits per heavy atom. The van der Waals surface area contributed by atoms with E-state index in [0.717, 1.165) is 18.4 Å². The van der Waals surface area contributed by atoms with Crippen LogP contribution in [0.15, 0.2) is 42.9 Å². The Balaban J connectivity index is 1.57. The van der Waals surface area contributed by atoms with Gasteiger partial charge in [-0.05, 0) is 83.2 Å². The molecule has 1 fully saturated rings. The van der Waals surface area contributed by atoms with Gasteiger partial charge in [-0.25, -0.2) is 13.8 Å². The molecule has 1 aliphatic rings. The third-order valence-electron chi connectivity index (χ3n) is 5.29. The zero-order valence-electron chi connectivity index (χ0n) is 17.4. The average molecular weight is 478 g/mol. The van der Waals surface area contributed by atoms with Crippen molar-refractivity contribution in [2.24, 2.45) is 0 Å². The minimum atomic E-state index is -3.75. The molecule has 1 aliphatic carbocycles. The first-order valence-electron chi connectivity index (χ1n) is 9.90. The fourth-order valence-electron chi connectivity index (χ4n) is 3.27. The van der Waals surface area contributed by atoms with Crippen LogP contribution >= 0.6 is 10.8 Å². The van der Waals surface area contributed by atoms with Crippen LogP contribution < -0.4 is 9.46 Å². The van der Waals surface area contributed by atoms with Gasteiger partial charge in [-0.15, -0.1) is 0 Å². The molecule has 0 unspecified atom stereocenters. The highest BCUT2D eigenvalue weighted by Crippen LogP contribution is 2.41. The van der Waals surface area contributed by atoms with E-state index in [1.165, 1.54) is 30.8 Å². The summed E-state index contributed by atoms with van der Waals surface area (Å²) in [6.45, 7) is 1.78.